The first-order valence-corrected chi connectivity index (χ1v) is 6.57. The fourth-order valence-electron chi connectivity index (χ4n) is 1.70. The maximum absolute atomic E-state index is 8.58. The molecule has 0 aliphatic carbocycles. The van der Waals surface area contributed by atoms with Crippen molar-refractivity contribution in [2.75, 3.05) is 10.6 Å². The number of hydrogen-bond donors (Lipinski definition) is 4. The first kappa shape index (κ1) is 15.7. The van der Waals surface area contributed by atoms with Gasteiger partial charge in [-0.3, -0.25) is 5.32 Å². The van der Waals surface area contributed by atoms with Crippen molar-refractivity contribution in [2.45, 2.75) is 6.92 Å². The van der Waals surface area contributed by atoms with Crippen LogP contribution in [0.1, 0.15) is 12.5 Å². The fourth-order valence-corrected chi connectivity index (χ4v) is 1.70. The number of guanidine groups is 1. The standard InChI is InChI=1S/C14H15N9/c1-9(22-23-13(16)17)10-3-2-4-11(7-10)20-12-5-6-18-14(21-12)19-8-15/h2-7H,1H3,(H4,16,17,23)(H2,18,19,20,21)/b22-9+. The first-order valence-electron chi connectivity index (χ1n) is 6.57. The zero-order valence-corrected chi connectivity index (χ0v) is 12.4. The molecule has 0 unspecified atom stereocenters. The van der Waals surface area contributed by atoms with E-state index in [-0.39, 0.29) is 11.9 Å². The summed E-state index contributed by atoms with van der Waals surface area (Å²) in [5.41, 5.74) is 12.8. The van der Waals surface area contributed by atoms with Crippen molar-refractivity contribution in [1.82, 2.24) is 9.97 Å². The number of rotatable bonds is 5. The number of anilines is 3. The molecule has 0 saturated carbocycles. The number of benzene rings is 1. The lowest BCUT2D eigenvalue weighted by atomic mass is 10.1. The van der Waals surface area contributed by atoms with E-state index in [1.807, 2.05) is 24.3 Å². The number of nitrogens with zero attached hydrogens (tertiary/aromatic N) is 5. The normalized spacial score (nSPS) is 10.5. The van der Waals surface area contributed by atoms with Crippen molar-refractivity contribution in [3.63, 3.8) is 0 Å². The van der Waals surface area contributed by atoms with E-state index in [9.17, 15) is 0 Å². The molecule has 6 N–H and O–H groups in total. The Morgan fingerprint density at radius 1 is 1.26 bits per heavy atom. The molecule has 2 aromatic rings. The van der Waals surface area contributed by atoms with Gasteiger partial charge in [-0.15, -0.1) is 5.10 Å². The molecule has 0 bridgehead atoms. The molecule has 2 rings (SSSR count). The van der Waals surface area contributed by atoms with Gasteiger partial charge in [0.1, 0.15) is 5.82 Å². The van der Waals surface area contributed by atoms with Crippen LogP contribution >= 0.6 is 0 Å². The van der Waals surface area contributed by atoms with Gasteiger partial charge in [-0.25, -0.2) is 4.98 Å². The van der Waals surface area contributed by atoms with Crippen LogP contribution in [0.25, 0.3) is 0 Å². The average Bonchev–Trinajstić information content (AvgIpc) is 2.53. The zero-order chi connectivity index (χ0) is 16.7. The Morgan fingerprint density at radius 2 is 2.09 bits per heavy atom. The molecule has 23 heavy (non-hydrogen) atoms. The number of nitriles is 1. The van der Waals surface area contributed by atoms with Crippen LogP contribution in [0.3, 0.4) is 0 Å². The first-order chi connectivity index (χ1) is 11.1. The molecular formula is C14H15N9. The summed E-state index contributed by atoms with van der Waals surface area (Å²) in [7, 11) is 0. The maximum Gasteiger partial charge on any atom is 0.238 e. The van der Waals surface area contributed by atoms with Gasteiger partial charge in [-0.2, -0.15) is 15.3 Å². The summed E-state index contributed by atoms with van der Waals surface area (Å²) in [4.78, 5) is 8.07. The lowest BCUT2D eigenvalue weighted by molar-refractivity contribution is 1.16. The number of hydrogen-bond acceptors (Lipinski definition) is 7. The van der Waals surface area contributed by atoms with Crippen LogP contribution in [-0.4, -0.2) is 21.6 Å². The van der Waals surface area contributed by atoms with Crippen molar-refractivity contribution >= 4 is 29.1 Å². The fraction of sp³-hybridized carbons (Fsp3) is 0.0714. The third-order valence-corrected chi connectivity index (χ3v) is 2.69. The summed E-state index contributed by atoms with van der Waals surface area (Å²) >= 11 is 0. The molecule has 0 fully saturated rings. The lowest BCUT2D eigenvalue weighted by Gasteiger charge is -2.08. The van der Waals surface area contributed by atoms with Gasteiger partial charge in [0.05, 0.1) is 5.71 Å². The zero-order valence-electron chi connectivity index (χ0n) is 12.4. The molecule has 9 heteroatoms. The van der Waals surface area contributed by atoms with Crippen LogP contribution in [-0.2, 0) is 0 Å². The Hall–Kier alpha value is -3.67. The molecule has 1 aromatic heterocycles. The Bertz CT molecular complexity index is 785. The molecule has 0 saturated heterocycles. The number of aromatic nitrogens is 2. The molecule has 0 amide bonds. The smallest absolute Gasteiger partial charge is 0.238 e. The Kier molecular flexibility index (Phi) is 5.04. The van der Waals surface area contributed by atoms with E-state index in [0.29, 0.717) is 11.5 Å². The van der Waals surface area contributed by atoms with Crippen LogP contribution < -0.4 is 22.1 Å². The molecule has 1 heterocycles. The van der Waals surface area contributed by atoms with Gasteiger partial charge < -0.3 is 16.8 Å². The van der Waals surface area contributed by atoms with Gasteiger partial charge in [0.15, 0.2) is 6.19 Å². The molecule has 116 valence electrons. The predicted molar refractivity (Wildman–Crippen MR) is 89.0 cm³/mol. The highest BCUT2D eigenvalue weighted by molar-refractivity contribution is 5.99. The molecule has 0 atom stereocenters. The number of nitrogens with two attached hydrogens (primary N) is 2. The van der Waals surface area contributed by atoms with Crippen molar-refractivity contribution in [3.05, 3.63) is 42.1 Å². The summed E-state index contributed by atoms with van der Waals surface area (Å²) in [6.07, 6.45) is 3.32. The molecular weight excluding hydrogens is 294 g/mol. The third-order valence-electron chi connectivity index (χ3n) is 2.69. The van der Waals surface area contributed by atoms with Gasteiger partial charge >= 0.3 is 0 Å². The van der Waals surface area contributed by atoms with Crippen LogP contribution in [0.5, 0.6) is 0 Å². The second kappa shape index (κ2) is 7.37. The Balaban J connectivity index is 2.20. The van der Waals surface area contributed by atoms with E-state index in [1.54, 1.807) is 25.4 Å². The SMILES string of the molecule is C/C(=N\N=C(N)N)c1cccc(Nc2ccnc(NC#N)n2)c1. The van der Waals surface area contributed by atoms with Crippen LogP contribution in [0.4, 0.5) is 17.5 Å². The van der Waals surface area contributed by atoms with Crippen molar-refractivity contribution < 1.29 is 0 Å². The van der Waals surface area contributed by atoms with Crippen LogP contribution in [0.15, 0.2) is 46.7 Å². The minimum atomic E-state index is -0.0999. The lowest BCUT2D eigenvalue weighted by Crippen LogP contribution is -2.22. The van der Waals surface area contributed by atoms with E-state index < -0.39 is 0 Å². The third kappa shape index (κ3) is 4.68. The highest BCUT2D eigenvalue weighted by Gasteiger charge is 2.02. The van der Waals surface area contributed by atoms with E-state index in [4.69, 9.17) is 16.7 Å². The Labute approximate surface area is 132 Å². The minimum absolute atomic E-state index is 0.0999. The number of nitrogens with one attached hydrogen (secondary N) is 2. The van der Waals surface area contributed by atoms with Gasteiger partial charge in [-0.05, 0) is 30.7 Å². The van der Waals surface area contributed by atoms with Gasteiger partial charge in [0.25, 0.3) is 0 Å². The molecule has 0 radical (unpaired) electrons. The minimum Gasteiger partial charge on any atom is -0.369 e. The summed E-state index contributed by atoms with van der Waals surface area (Å²) in [5.74, 6) is 0.671. The van der Waals surface area contributed by atoms with Gasteiger partial charge in [0.2, 0.25) is 11.9 Å². The largest absolute Gasteiger partial charge is 0.369 e. The van der Waals surface area contributed by atoms with Crippen molar-refractivity contribution in [2.24, 2.45) is 21.7 Å². The predicted octanol–water partition coefficient (Wildman–Crippen LogP) is 1.11. The van der Waals surface area contributed by atoms with E-state index in [0.717, 1.165) is 11.3 Å². The quantitative estimate of drug-likeness (QED) is 0.212. The second-order valence-electron chi connectivity index (χ2n) is 4.42. The molecule has 0 spiro atoms. The summed E-state index contributed by atoms with van der Waals surface area (Å²) in [6.45, 7) is 1.80. The summed E-state index contributed by atoms with van der Waals surface area (Å²) < 4.78 is 0. The summed E-state index contributed by atoms with van der Waals surface area (Å²) in [5, 5.41) is 21.6. The molecule has 1 aromatic carbocycles. The van der Waals surface area contributed by atoms with E-state index in [2.05, 4.69) is 30.8 Å². The summed E-state index contributed by atoms with van der Waals surface area (Å²) in [6, 6.07) is 9.18. The average molecular weight is 309 g/mol. The van der Waals surface area contributed by atoms with Crippen LogP contribution in [0.2, 0.25) is 0 Å². The van der Waals surface area contributed by atoms with Gasteiger partial charge in [-0.1, -0.05) is 12.1 Å². The topological polar surface area (TPSA) is 150 Å². The van der Waals surface area contributed by atoms with Crippen molar-refractivity contribution in [3.8, 4) is 6.19 Å². The van der Waals surface area contributed by atoms with E-state index >= 15 is 0 Å². The highest BCUT2D eigenvalue weighted by Crippen LogP contribution is 2.17. The highest BCUT2D eigenvalue weighted by atomic mass is 15.3. The second-order valence-corrected chi connectivity index (χ2v) is 4.42. The van der Waals surface area contributed by atoms with Crippen molar-refractivity contribution in [1.29, 1.82) is 5.26 Å². The molecule has 0 aliphatic rings. The van der Waals surface area contributed by atoms with Crippen LogP contribution in [0, 0.1) is 11.5 Å². The maximum atomic E-state index is 8.58. The van der Waals surface area contributed by atoms with E-state index in [1.165, 1.54) is 0 Å². The molecule has 9 nitrogen and oxygen atoms in total. The molecule has 0 aliphatic heterocycles. The van der Waals surface area contributed by atoms with Gasteiger partial charge in [0, 0.05) is 11.9 Å². The monoisotopic (exact) mass is 309 g/mol. The Morgan fingerprint density at radius 3 is 2.83 bits per heavy atom.